The van der Waals surface area contributed by atoms with Crippen molar-refractivity contribution in [2.45, 2.75) is 46.3 Å². The van der Waals surface area contributed by atoms with Crippen LogP contribution in [0, 0.1) is 5.82 Å². The van der Waals surface area contributed by atoms with Gasteiger partial charge in [0.2, 0.25) is 5.91 Å². The van der Waals surface area contributed by atoms with Crippen molar-refractivity contribution in [3.63, 3.8) is 0 Å². The van der Waals surface area contributed by atoms with Gasteiger partial charge >= 0.3 is 0 Å². The van der Waals surface area contributed by atoms with Crippen LogP contribution in [0.15, 0.2) is 36.7 Å². The van der Waals surface area contributed by atoms with Gasteiger partial charge in [-0.25, -0.2) is 9.37 Å². The third kappa shape index (κ3) is 3.93. The summed E-state index contributed by atoms with van der Waals surface area (Å²) in [5, 5.41) is 0. The van der Waals surface area contributed by atoms with Gasteiger partial charge in [-0.1, -0.05) is 19.1 Å². The minimum Gasteiger partial charge on any atom is -0.333 e. The molecule has 22 heavy (non-hydrogen) atoms. The highest BCUT2D eigenvalue weighted by Gasteiger charge is 2.18. The second kappa shape index (κ2) is 7.20. The Morgan fingerprint density at radius 3 is 2.82 bits per heavy atom. The number of hydrogen-bond donors (Lipinski definition) is 0. The first-order chi connectivity index (χ1) is 10.5. The summed E-state index contributed by atoms with van der Waals surface area (Å²) < 4.78 is 15.2. The Morgan fingerprint density at radius 1 is 1.41 bits per heavy atom. The van der Waals surface area contributed by atoms with Gasteiger partial charge < -0.3 is 9.47 Å². The Hall–Kier alpha value is -2.17. The number of benzene rings is 1. The van der Waals surface area contributed by atoms with Crippen LogP contribution in [-0.2, 0) is 17.9 Å². The minimum absolute atomic E-state index is 0.107. The summed E-state index contributed by atoms with van der Waals surface area (Å²) in [6.45, 7) is 6.85. The normalized spacial score (nSPS) is 11.0. The van der Waals surface area contributed by atoms with Gasteiger partial charge in [0.25, 0.3) is 0 Å². The molecular weight excluding hydrogens is 281 g/mol. The molecule has 0 radical (unpaired) electrons. The molecule has 0 N–H and O–H groups in total. The molecule has 1 heterocycles. The smallest absolute Gasteiger partial charge is 0.222 e. The van der Waals surface area contributed by atoms with Crippen molar-refractivity contribution in [1.82, 2.24) is 14.5 Å². The predicted octanol–water partition coefficient (Wildman–Crippen LogP) is 3.22. The van der Waals surface area contributed by atoms with E-state index in [0.717, 1.165) is 11.4 Å². The van der Waals surface area contributed by atoms with Crippen LogP contribution in [0.25, 0.3) is 0 Å². The largest absolute Gasteiger partial charge is 0.333 e. The predicted molar refractivity (Wildman–Crippen MR) is 83.7 cm³/mol. The molecule has 0 aliphatic heterocycles. The fraction of sp³-hybridized carbons (Fsp3) is 0.412. The van der Waals surface area contributed by atoms with E-state index in [0.29, 0.717) is 19.5 Å². The Balaban J connectivity index is 2.16. The van der Waals surface area contributed by atoms with E-state index >= 15 is 0 Å². The van der Waals surface area contributed by atoms with Crippen LogP contribution < -0.4 is 0 Å². The second-order valence-electron chi connectivity index (χ2n) is 5.57. The van der Waals surface area contributed by atoms with Gasteiger partial charge in [-0.3, -0.25) is 4.79 Å². The fourth-order valence-corrected chi connectivity index (χ4v) is 2.38. The lowest BCUT2D eigenvalue weighted by Gasteiger charge is -2.26. The number of rotatable bonds is 6. The fourth-order valence-electron chi connectivity index (χ4n) is 2.38. The van der Waals surface area contributed by atoms with E-state index in [4.69, 9.17) is 0 Å². The van der Waals surface area contributed by atoms with E-state index in [-0.39, 0.29) is 17.8 Å². The van der Waals surface area contributed by atoms with E-state index < -0.39 is 0 Å². The lowest BCUT2D eigenvalue weighted by atomic mass is 10.2. The van der Waals surface area contributed by atoms with E-state index in [2.05, 4.69) is 4.98 Å². The first-order valence-corrected chi connectivity index (χ1v) is 7.55. The average Bonchev–Trinajstić information content (AvgIpc) is 2.90. The molecule has 0 unspecified atom stereocenters. The van der Waals surface area contributed by atoms with Crippen molar-refractivity contribution in [2.24, 2.45) is 0 Å². The number of halogens is 1. The molecule has 1 aromatic heterocycles. The van der Waals surface area contributed by atoms with Crippen molar-refractivity contribution in [2.75, 3.05) is 0 Å². The van der Waals surface area contributed by atoms with Crippen LogP contribution in [-0.4, -0.2) is 26.4 Å². The molecular formula is C17H22FN3O. The molecule has 0 bridgehead atoms. The molecule has 2 rings (SSSR count). The maximum absolute atomic E-state index is 13.3. The Labute approximate surface area is 130 Å². The molecule has 0 atom stereocenters. The first kappa shape index (κ1) is 16.2. The van der Waals surface area contributed by atoms with Gasteiger partial charge in [-0.05, 0) is 31.5 Å². The molecule has 2 aromatic rings. The van der Waals surface area contributed by atoms with E-state index in [1.165, 1.54) is 12.1 Å². The van der Waals surface area contributed by atoms with Crippen LogP contribution in [0.5, 0.6) is 0 Å². The van der Waals surface area contributed by atoms with Crippen molar-refractivity contribution in [3.8, 4) is 0 Å². The Morgan fingerprint density at radius 2 is 2.18 bits per heavy atom. The van der Waals surface area contributed by atoms with Gasteiger partial charge in [0.15, 0.2) is 0 Å². The summed E-state index contributed by atoms with van der Waals surface area (Å²) in [7, 11) is 0. The van der Waals surface area contributed by atoms with Crippen LogP contribution in [0.3, 0.4) is 0 Å². The number of imidazole rings is 1. The Kier molecular flexibility index (Phi) is 5.31. The van der Waals surface area contributed by atoms with Gasteiger partial charge in [0, 0.05) is 31.4 Å². The highest BCUT2D eigenvalue weighted by molar-refractivity contribution is 5.76. The average molecular weight is 303 g/mol. The summed E-state index contributed by atoms with van der Waals surface area (Å²) in [4.78, 5) is 18.2. The van der Waals surface area contributed by atoms with Crippen LogP contribution in [0.1, 0.15) is 38.6 Å². The van der Waals surface area contributed by atoms with Crippen LogP contribution >= 0.6 is 0 Å². The highest BCUT2D eigenvalue weighted by Crippen LogP contribution is 2.12. The number of aromatic nitrogens is 2. The quantitative estimate of drug-likeness (QED) is 0.822. The molecule has 4 nitrogen and oxygen atoms in total. The standard InChI is InChI=1S/C17H22FN3O/c1-4-17(22)21(13(2)3)12-16-19-8-9-20(16)11-14-6-5-7-15(18)10-14/h5-10,13H,4,11-12H2,1-3H3. The van der Waals surface area contributed by atoms with Gasteiger partial charge in [0.1, 0.15) is 11.6 Å². The highest BCUT2D eigenvalue weighted by atomic mass is 19.1. The first-order valence-electron chi connectivity index (χ1n) is 7.55. The number of amides is 1. The summed E-state index contributed by atoms with van der Waals surface area (Å²) in [5.41, 5.74) is 0.872. The van der Waals surface area contributed by atoms with Gasteiger partial charge in [-0.15, -0.1) is 0 Å². The van der Waals surface area contributed by atoms with Crippen LogP contribution in [0.2, 0.25) is 0 Å². The lowest BCUT2D eigenvalue weighted by Crippen LogP contribution is -2.36. The maximum atomic E-state index is 13.3. The molecule has 1 aromatic carbocycles. The minimum atomic E-state index is -0.246. The van der Waals surface area contributed by atoms with Crippen molar-refractivity contribution >= 4 is 5.91 Å². The van der Waals surface area contributed by atoms with E-state index in [9.17, 15) is 9.18 Å². The van der Waals surface area contributed by atoms with E-state index in [1.54, 1.807) is 12.3 Å². The molecule has 0 spiro atoms. The zero-order valence-corrected chi connectivity index (χ0v) is 13.3. The monoisotopic (exact) mass is 303 g/mol. The van der Waals surface area contributed by atoms with Gasteiger partial charge in [0.05, 0.1) is 6.54 Å². The summed E-state index contributed by atoms with van der Waals surface area (Å²) in [6.07, 6.45) is 4.04. The zero-order chi connectivity index (χ0) is 16.1. The SMILES string of the molecule is CCC(=O)N(Cc1nccn1Cc1cccc(F)c1)C(C)C. The van der Waals surface area contributed by atoms with Crippen molar-refractivity contribution < 1.29 is 9.18 Å². The van der Waals surface area contributed by atoms with Crippen molar-refractivity contribution in [3.05, 3.63) is 53.9 Å². The van der Waals surface area contributed by atoms with Crippen LogP contribution in [0.4, 0.5) is 4.39 Å². The van der Waals surface area contributed by atoms with E-state index in [1.807, 2.05) is 42.5 Å². The summed E-state index contributed by atoms with van der Waals surface area (Å²) >= 11 is 0. The molecule has 1 amide bonds. The number of carbonyl (C=O) groups excluding carboxylic acids is 1. The topological polar surface area (TPSA) is 38.1 Å². The molecule has 0 saturated carbocycles. The molecule has 5 heteroatoms. The molecule has 0 aliphatic rings. The number of nitrogens with zero attached hydrogens (tertiary/aromatic N) is 3. The molecule has 0 aliphatic carbocycles. The second-order valence-corrected chi connectivity index (χ2v) is 5.57. The maximum Gasteiger partial charge on any atom is 0.222 e. The zero-order valence-electron chi connectivity index (χ0n) is 13.3. The third-order valence-corrected chi connectivity index (χ3v) is 3.60. The Bertz CT molecular complexity index is 636. The molecule has 0 fully saturated rings. The molecule has 118 valence electrons. The summed E-state index contributed by atoms with van der Waals surface area (Å²) in [5.74, 6) is 0.666. The third-order valence-electron chi connectivity index (χ3n) is 3.60. The lowest BCUT2D eigenvalue weighted by molar-refractivity contribution is -0.133. The number of hydrogen-bond acceptors (Lipinski definition) is 2. The summed E-state index contributed by atoms with van der Waals surface area (Å²) in [6, 6.07) is 6.64. The van der Waals surface area contributed by atoms with Crippen molar-refractivity contribution in [1.29, 1.82) is 0 Å². The number of carbonyl (C=O) groups is 1. The van der Waals surface area contributed by atoms with Gasteiger partial charge in [-0.2, -0.15) is 0 Å². The molecule has 0 saturated heterocycles.